The highest BCUT2D eigenvalue weighted by atomic mass is 32.2. The van der Waals surface area contributed by atoms with Gasteiger partial charge < -0.3 is 14.8 Å². The van der Waals surface area contributed by atoms with E-state index in [-0.39, 0.29) is 6.04 Å². The van der Waals surface area contributed by atoms with E-state index in [1.807, 2.05) is 37.3 Å². The molecule has 0 aliphatic rings. The van der Waals surface area contributed by atoms with Crippen molar-refractivity contribution in [1.29, 1.82) is 0 Å². The Morgan fingerprint density at radius 2 is 1.74 bits per heavy atom. The van der Waals surface area contributed by atoms with E-state index in [4.69, 9.17) is 14.0 Å². The maximum Gasteiger partial charge on any atom is 0.259 e. The first-order valence-corrected chi connectivity index (χ1v) is 9.37. The van der Waals surface area contributed by atoms with Crippen LogP contribution in [-0.2, 0) is 11.3 Å². The quantitative estimate of drug-likeness (QED) is 0.531. The smallest absolute Gasteiger partial charge is 0.259 e. The Bertz CT molecular complexity index is 963. The Hall–Kier alpha value is -2.84. The lowest BCUT2D eigenvalue weighted by Gasteiger charge is -2.18. The van der Waals surface area contributed by atoms with Gasteiger partial charge in [0, 0.05) is 35.1 Å². The van der Waals surface area contributed by atoms with E-state index in [0.29, 0.717) is 17.2 Å². The maximum absolute atomic E-state index is 10.8. The van der Waals surface area contributed by atoms with Crippen LogP contribution in [0, 0.1) is 0 Å². The maximum atomic E-state index is 10.8. The molecule has 3 rings (SSSR count). The topological polar surface area (TPSA) is 92.7 Å². The van der Waals surface area contributed by atoms with Crippen molar-refractivity contribution in [1.82, 2.24) is 4.98 Å². The summed E-state index contributed by atoms with van der Waals surface area (Å²) in [5.41, 5.74) is 3.34. The van der Waals surface area contributed by atoms with Crippen LogP contribution in [0.1, 0.15) is 18.5 Å². The van der Waals surface area contributed by atoms with Crippen LogP contribution in [-0.4, -0.2) is 28.0 Å². The summed E-state index contributed by atoms with van der Waals surface area (Å²) < 4.78 is 32.9. The molecule has 0 aliphatic carbocycles. The number of rotatable bonds is 7. The number of anilines is 2. The van der Waals surface area contributed by atoms with Crippen molar-refractivity contribution < 1.29 is 18.2 Å². The van der Waals surface area contributed by atoms with Gasteiger partial charge in [-0.25, -0.2) is 4.21 Å². The van der Waals surface area contributed by atoms with Gasteiger partial charge in [-0.05, 0) is 36.8 Å². The van der Waals surface area contributed by atoms with Gasteiger partial charge in [0.15, 0.2) is 11.5 Å². The average Bonchev–Trinajstić information content (AvgIpc) is 2.67. The number of hydrogen-bond acceptors (Lipinski definition) is 5. The van der Waals surface area contributed by atoms with E-state index in [0.717, 1.165) is 22.2 Å². The molecular weight excluding hydrogens is 366 g/mol. The van der Waals surface area contributed by atoms with Crippen LogP contribution in [0.4, 0.5) is 11.4 Å². The molecule has 0 aliphatic heterocycles. The number of hydrogen-bond donors (Lipinski definition) is 3. The van der Waals surface area contributed by atoms with Crippen LogP contribution in [0.3, 0.4) is 0 Å². The first-order valence-electron chi connectivity index (χ1n) is 8.26. The van der Waals surface area contributed by atoms with Gasteiger partial charge in [-0.2, -0.15) is 0 Å². The predicted molar refractivity (Wildman–Crippen MR) is 108 cm³/mol. The molecule has 3 N–H and O–H groups in total. The van der Waals surface area contributed by atoms with Crippen LogP contribution < -0.4 is 19.5 Å². The SMILES string of the molecule is COc1cc2nccc(NC(C)c3ccc(NS(=O)O)cc3)c2cc1OC. The Labute approximate surface area is 160 Å². The molecule has 27 heavy (non-hydrogen) atoms. The Kier molecular flexibility index (Phi) is 5.78. The number of nitrogens with zero attached hydrogens (tertiary/aromatic N) is 1. The third-order valence-electron chi connectivity index (χ3n) is 4.23. The summed E-state index contributed by atoms with van der Waals surface area (Å²) in [7, 11) is 3.20. The lowest BCUT2D eigenvalue weighted by molar-refractivity contribution is 0.356. The van der Waals surface area contributed by atoms with Crippen LogP contribution in [0.2, 0.25) is 0 Å². The standard InChI is InChI=1S/C19H21N3O4S/c1-12(13-4-6-14(7-5-13)22-27(23)24)21-16-8-9-20-17-11-19(26-3)18(25-2)10-15(16)17/h4-12,22H,1-3H3,(H,20,21)(H,23,24). The molecule has 2 aromatic carbocycles. The number of aromatic nitrogens is 1. The zero-order chi connectivity index (χ0) is 19.4. The third-order valence-corrected chi connectivity index (χ3v) is 4.65. The van der Waals surface area contributed by atoms with Gasteiger partial charge in [-0.1, -0.05) is 12.1 Å². The van der Waals surface area contributed by atoms with Gasteiger partial charge in [0.25, 0.3) is 11.3 Å². The van der Waals surface area contributed by atoms with E-state index in [2.05, 4.69) is 15.0 Å². The molecule has 0 bridgehead atoms. The van der Waals surface area contributed by atoms with Crippen molar-refractivity contribution in [2.75, 3.05) is 24.3 Å². The first-order chi connectivity index (χ1) is 13.0. The van der Waals surface area contributed by atoms with Crippen molar-refractivity contribution in [3.05, 3.63) is 54.2 Å². The van der Waals surface area contributed by atoms with Gasteiger partial charge >= 0.3 is 0 Å². The molecule has 2 unspecified atom stereocenters. The van der Waals surface area contributed by atoms with Crippen molar-refractivity contribution in [3.63, 3.8) is 0 Å². The molecule has 0 saturated heterocycles. The highest BCUT2D eigenvalue weighted by molar-refractivity contribution is 7.80. The fraction of sp³-hybridized carbons (Fsp3) is 0.211. The second-order valence-corrected chi connectivity index (χ2v) is 6.62. The molecule has 0 fully saturated rings. The fourth-order valence-electron chi connectivity index (χ4n) is 2.86. The van der Waals surface area contributed by atoms with Gasteiger partial charge in [0.1, 0.15) is 0 Å². The summed E-state index contributed by atoms with van der Waals surface area (Å²) in [5.74, 6) is 1.27. The summed E-state index contributed by atoms with van der Waals surface area (Å²) in [6.07, 6.45) is 1.74. The van der Waals surface area contributed by atoms with Crippen molar-refractivity contribution in [2.45, 2.75) is 13.0 Å². The molecule has 3 aromatic rings. The minimum absolute atomic E-state index is 0.0115. The van der Waals surface area contributed by atoms with E-state index in [1.165, 1.54) is 0 Å². The van der Waals surface area contributed by atoms with Gasteiger partial charge in [-0.15, -0.1) is 0 Å². The zero-order valence-electron chi connectivity index (χ0n) is 15.2. The fourth-order valence-corrected chi connectivity index (χ4v) is 3.19. The van der Waals surface area contributed by atoms with Crippen molar-refractivity contribution in [3.8, 4) is 11.5 Å². The second kappa shape index (κ2) is 8.24. The molecule has 1 heterocycles. The van der Waals surface area contributed by atoms with E-state index in [9.17, 15) is 4.21 Å². The number of benzene rings is 2. The van der Waals surface area contributed by atoms with Gasteiger partial charge in [0.2, 0.25) is 0 Å². The van der Waals surface area contributed by atoms with E-state index < -0.39 is 11.3 Å². The monoisotopic (exact) mass is 387 g/mol. The molecule has 0 saturated carbocycles. The summed E-state index contributed by atoms with van der Waals surface area (Å²) in [6, 6.07) is 13.0. The lowest BCUT2D eigenvalue weighted by atomic mass is 10.1. The number of ether oxygens (including phenoxy) is 2. The highest BCUT2D eigenvalue weighted by Gasteiger charge is 2.12. The Balaban J connectivity index is 1.88. The van der Waals surface area contributed by atoms with E-state index >= 15 is 0 Å². The minimum atomic E-state index is -2.08. The van der Waals surface area contributed by atoms with Crippen molar-refractivity contribution in [2.24, 2.45) is 0 Å². The molecule has 1 aromatic heterocycles. The summed E-state index contributed by atoms with van der Waals surface area (Å²) >= 11 is -2.08. The van der Waals surface area contributed by atoms with Crippen LogP contribution in [0.25, 0.3) is 10.9 Å². The molecule has 0 spiro atoms. The molecular formula is C19H21N3O4S. The van der Waals surface area contributed by atoms with Gasteiger partial charge in [-0.3, -0.25) is 14.3 Å². The van der Waals surface area contributed by atoms with Crippen LogP contribution >= 0.6 is 0 Å². The Morgan fingerprint density at radius 1 is 1.07 bits per heavy atom. The third kappa shape index (κ3) is 4.29. The predicted octanol–water partition coefficient (Wildman–Crippen LogP) is 3.97. The molecule has 2 atom stereocenters. The molecule has 0 amide bonds. The van der Waals surface area contributed by atoms with Crippen molar-refractivity contribution >= 4 is 33.5 Å². The number of nitrogens with one attached hydrogen (secondary N) is 2. The first kappa shape index (κ1) is 18.9. The normalized spacial score (nSPS) is 13.0. The second-order valence-electron chi connectivity index (χ2n) is 5.92. The molecule has 0 radical (unpaired) electrons. The van der Waals surface area contributed by atoms with Crippen LogP contribution in [0.15, 0.2) is 48.7 Å². The number of pyridine rings is 1. The highest BCUT2D eigenvalue weighted by Crippen LogP contribution is 2.35. The summed E-state index contributed by atoms with van der Waals surface area (Å²) in [6.45, 7) is 2.04. The van der Waals surface area contributed by atoms with Gasteiger partial charge in [0.05, 0.1) is 19.7 Å². The average molecular weight is 387 g/mol. The Morgan fingerprint density at radius 3 is 2.37 bits per heavy atom. The van der Waals surface area contributed by atoms with E-state index in [1.54, 1.807) is 32.5 Å². The largest absolute Gasteiger partial charge is 0.493 e. The van der Waals surface area contributed by atoms with Crippen LogP contribution in [0.5, 0.6) is 11.5 Å². The minimum Gasteiger partial charge on any atom is -0.493 e. The molecule has 142 valence electrons. The number of fused-ring (bicyclic) bond motifs is 1. The molecule has 7 nitrogen and oxygen atoms in total. The number of methoxy groups -OCH3 is 2. The summed E-state index contributed by atoms with van der Waals surface area (Å²) in [5, 5.41) is 4.41. The zero-order valence-corrected chi connectivity index (χ0v) is 16.0. The summed E-state index contributed by atoms with van der Waals surface area (Å²) in [4.78, 5) is 4.41. The lowest BCUT2D eigenvalue weighted by Crippen LogP contribution is -2.08. The molecule has 8 heteroatoms.